The zero-order valence-corrected chi connectivity index (χ0v) is 12.6. The Balaban J connectivity index is 1.78. The van der Waals surface area contributed by atoms with Crippen molar-refractivity contribution >= 4 is 16.6 Å². The summed E-state index contributed by atoms with van der Waals surface area (Å²) in [5.74, 6) is -1.14. The van der Waals surface area contributed by atoms with E-state index < -0.39 is 11.6 Å². The van der Waals surface area contributed by atoms with Crippen molar-refractivity contribution < 1.29 is 8.78 Å². The number of nitrogens with zero attached hydrogens (tertiary/aromatic N) is 3. The van der Waals surface area contributed by atoms with Crippen molar-refractivity contribution in [2.24, 2.45) is 0 Å². The minimum Gasteiger partial charge on any atom is -0.369 e. The lowest BCUT2D eigenvalue weighted by atomic mass is 10.1. The Morgan fingerprint density at radius 1 is 1.14 bits per heavy atom. The van der Waals surface area contributed by atoms with Crippen LogP contribution in [0.1, 0.15) is 19.3 Å². The Morgan fingerprint density at radius 3 is 2.82 bits per heavy atom. The topological polar surface area (TPSA) is 19.4 Å². The molecule has 2 saturated heterocycles. The van der Waals surface area contributed by atoms with E-state index in [0.29, 0.717) is 17.5 Å². The summed E-state index contributed by atoms with van der Waals surface area (Å²) in [6.45, 7) is 1.83. The highest BCUT2D eigenvalue weighted by Gasteiger charge is 2.35. The van der Waals surface area contributed by atoms with Crippen LogP contribution in [0.2, 0.25) is 0 Å². The molecule has 2 aliphatic heterocycles. The average molecular weight is 303 g/mol. The molecule has 0 aliphatic carbocycles. The maximum Gasteiger partial charge on any atom is 0.152 e. The molecule has 4 rings (SSSR count). The zero-order valence-electron chi connectivity index (χ0n) is 12.6. The van der Waals surface area contributed by atoms with Crippen molar-refractivity contribution in [2.45, 2.75) is 31.3 Å². The third-order valence-corrected chi connectivity index (χ3v) is 5.23. The van der Waals surface area contributed by atoms with E-state index in [4.69, 9.17) is 0 Å². The molecule has 2 bridgehead atoms. The van der Waals surface area contributed by atoms with Crippen LogP contribution >= 0.6 is 0 Å². The van der Waals surface area contributed by atoms with Gasteiger partial charge in [-0.3, -0.25) is 9.88 Å². The van der Waals surface area contributed by atoms with E-state index >= 15 is 0 Å². The van der Waals surface area contributed by atoms with Gasteiger partial charge in [-0.05, 0) is 38.4 Å². The van der Waals surface area contributed by atoms with Crippen molar-refractivity contribution in [3.63, 3.8) is 0 Å². The minimum atomic E-state index is -0.592. The highest BCUT2D eigenvalue weighted by atomic mass is 19.1. The number of likely N-dealkylation sites (N-methyl/N-ethyl adjacent to an activating group) is 1. The van der Waals surface area contributed by atoms with E-state index in [-0.39, 0.29) is 5.52 Å². The quantitative estimate of drug-likeness (QED) is 0.806. The summed E-state index contributed by atoms with van der Waals surface area (Å²) < 4.78 is 27.6. The molecule has 116 valence electrons. The van der Waals surface area contributed by atoms with Gasteiger partial charge in [0.25, 0.3) is 0 Å². The molecule has 2 fully saturated rings. The lowest BCUT2D eigenvalue weighted by Gasteiger charge is -2.28. The molecule has 5 heteroatoms. The number of halogens is 2. The van der Waals surface area contributed by atoms with E-state index in [1.807, 2.05) is 6.07 Å². The molecule has 1 aromatic carbocycles. The van der Waals surface area contributed by atoms with E-state index in [2.05, 4.69) is 21.8 Å². The second kappa shape index (κ2) is 5.16. The SMILES string of the molecule is CN1C2CCC1CN(c1ccnc3c(F)cc(F)cc13)CC2. The summed E-state index contributed by atoms with van der Waals surface area (Å²) in [5.41, 5.74) is 1.14. The summed E-state index contributed by atoms with van der Waals surface area (Å²) in [6, 6.07) is 5.33. The van der Waals surface area contributed by atoms with Gasteiger partial charge in [0.2, 0.25) is 0 Å². The summed E-state index contributed by atoms with van der Waals surface area (Å²) in [6.07, 6.45) is 5.17. The lowest BCUT2D eigenvalue weighted by molar-refractivity contribution is 0.254. The summed E-state index contributed by atoms with van der Waals surface area (Å²) >= 11 is 0. The first kappa shape index (κ1) is 13.9. The third-order valence-electron chi connectivity index (χ3n) is 5.23. The smallest absolute Gasteiger partial charge is 0.152 e. The standard InChI is InChI=1S/C17H19F2N3/c1-21-12-2-3-13(21)10-22(7-5-12)16-4-6-20-17-14(16)8-11(18)9-15(17)19/h4,6,8-9,12-13H,2-3,5,7,10H2,1H3. The lowest BCUT2D eigenvalue weighted by Crippen LogP contribution is -2.36. The molecule has 0 radical (unpaired) electrons. The number of pyridine rings is 1. The molecule has 0 N–H and O–H groups in total. The van der Waals surface area contributed by atoms with Gasteiger partial charge >= 0.3 is 0 Å². The van der Waals surface area contributed by atoms with Crippen molar-refractivity contribution in [3.8, 4) is 0 Å². The van der Waals surface area contributed by atoms with Crippen LogP contribution in [0.4, 0.5) is 14.5 Å². The van der Waals surface area contributed by atoms with E-state index in [0.717, 1.165) is 31.3 Å². The van der Waals surface area contributed by atoms with Crippen LogP contribution in [0.25, 0.3) is 10.9 Å². The zero-order chi connectivity index (χ0) is 15.3. The normalized spacial score (nSPS) is 25.7. The predicted octanol–water partition coefficient (Wildman–Crippen LogP) is 3.19. The van der Waals surface area contributed by atoms with E-state index in [9.17, 15) is 8.78 Å². The van der Waals surface area contributed by atoms with Crippen LogP contribution in [0, 0.1) is 11.6 Å². The highest BCUT2D eigenvalue weighted by molar-refractivity contribution is 5.92. The fourth-order valence-corrected chi connectivity index (χ4v) is 3.97. The fourth-order valence-electron chi connectivity index (χ4n) is 3.97. The average Bonchev–Trinajstić information content (AvgIpc) is 2.72. The predicted molar refractivity (Wildman–Crippen MR) is 83.1 cm³/mol. The van der Waals surface area contributed by atoms with Gasteiger partial charge in [0.15, 0.2) is 5.82 Å². The van der Waals surface area contributed by atoms with Crippen LogP contribution in [-0.2, 0) is 0 Å². The Bertz CT molecular complexity index is 718. The van der Waals surface area contributed by atoms with Gasteiger partial charge in [-0.1, -0.05) is 0 Å². The number of hydrogen-bond donors (Lipinski definition) is 0. The Labute approximate surface area is 128 Å². The van der Waals surface area contributed by atoms with Crippen LogP contribution < -0.4 is 4.90 Å². The number of aromatic nitrogens is 1. The second-order valence-corrected chi connectivity index (χ2v) is 6.40. The van der Waals surface area contributed by atoms with Gasteiger partial charge in [-0.25, -0.2) is 8.78 Å². The fraction of sp³-hybridized carbons (Fsp3) is 0.471. The Kier molecular flexibility index (Phi) is 3.26. The highest BCUT2D eigenvalue weighted by Crippen LogP contribution is 2.34. The van der Waals surface area contributed by atoms with Crippen molar-refractivity contribution in [1.29, 1.82) is 0 Å². The first-order valence-corrected chi connectivity index (χ1v) is 7.84. The molecule has 0 amide bonds. The van der Waals surface area contributed by atoms with Crippen LogP contribution in [0.15, 0.2) is 24.4 Å². The van der Waals surface area contributed by atoms with Crippen LogP contribution in [0.3, 0.4) is 0 Å². The van der Waals surface area contributed by atoms with Crippen LogP contribution in [0.5, 0.6) is 0 Å². The molecule has 2 atom stereocenters. The van der Waals surface area contributed by atoms with Crippen molar-refractivity contribution in [1.82, 2.24) is 9.88 Å². The number of fused-ring (bicyclic) bond motifs is 3. The van der Waals surface area contributed by atoms with E-state index in [1.165, 1.54) is 18.9 Å². The summed E-state index contributed by atoms with van der Waals surface area (Å²) in [7, 11) is 2.19. The summed E-state index contributed by atoms with van der Waals surface area (Å²) in [5, 5.41) is 0.570. The van der Waals surface area contributed by atoms with Gasteiger partial charge in [-0.15, -0.1) is 0 Å². The maximum absolute atomic E-state index is 14.0. The van der Waals surface area contributed by atoms with Gasteiger partial charge in [-0.2, -0.15) is 0 Å². The minimum absolute atomic E-state index is 0.252. The molecule has 3 heterocycles. The molecular formula is C17H19F2N3. The van der Waals surface area contributed by atoms with Crippen molar-refractivity contribution in [2.75, 3.05) is 25.0 Å². The molecular weight excluding hydrogens is 284 g/mol. The molecule has 1 aromatic heterocycles. The maximum atomic E-state index is 14.0. The number of anilines is 1. The first-order chi connectivity index (χ1) is 10.6. The van der Waals surface area contributed by atoms with Gasteiger partial charge in [0.1, 0.15) is 11.3 Å². The summed E-state index contributed by atoms with van der Waals surface area (Å²) in [4.78, 5) is 8.81. The molecule has 2 aromatic rings. The molecule has 2 unspecified atom stereocenters. The monoisotopic (exact) mass is 303 g/mol. The number of hydrogen-bond acceptors (Lipinski definition) is 3. The largest absolute Gasteiger partial charge is 0.369 e. The molecule has 0 spiro atoms. The third kappa shape index (κ3) is 2.15. The molecule has 2 aliphatic rings. The van der Waals surface area contributed by atoms with Crippen LogP contribution in [-0.4, -0.2) is 42.1 Å². The first-order valence-electron chi connectivity index (χ1n) is 7.84. The van der Waals surface area contributed by atoms with Crippen molar-refractivity contribution in [3.05, 3.63) is 36.0 Å². The Morgan fingerprint density at radius 2 is 1.95 bits per heavy atom. The van der Waals surface area contributed by atoms with E-state index in [1.54, 1.807) is 6.20 Å². The second-order valence-electron chi connectivity index (χ2n) is 6.40. The molecule has 3 nitrogen and oxygen atoms in total. The Hall–Kier alpha value is -1.75. The number of benzene rings is 1. The van der Waals surface area contributed by atoms with Gasteiger partial charge in [0, 0.05) is 48.5 Å². The molecule has 22 heavy (non-hydrogen) atoms. The molecule has 0 saturated carbocycles. The van der Waals surface area contributed by atoms with Gasteiger partial charge in [0.05, 0.1) is 0 Å². The number of rotatable bonds is 1. The van der Waals surface area contributed by atoms with Gasteiger partial charge < -0.3 is 4.90 Å².